The van der Waals surface area contributed by atoms with E-state index in [4.69, 9.17) is 16.3 Å². The molecule has 4 heteroatoms. The van der Waals surface area contributed by atoms with E-state index in [1.54, 1.807) is 19.2 Å². The number of allylic oxidation sites excluding steroid dienone is 1. The number of benzene rings is 1. The molecule has 1 aromatic rings. The zero-order chi connectivity index (χ0) is 18.3. The standard InChI is InChI=1S/C16H17ClO3.2C2H6/c1-20-16(12-3-2-4-13(18)15(12)17)11-6-5-9-7-10(11)8-14(9)19;2*1-2/h2-4,9-10,18H,5-8H2,1H3;2*1-2H3/b16-11-;;. The highest BCUT2D eigenvalue weighted by Crippen LogP contribution is 2.47. The Morgan fingerprint density at radius 1 is 1.21 bits per heavy atom. The molecule has 2 atom stereocenters. The van der Waals surface area contributed by atoms with Crippen LogP contribution in [-0.2, 0) is 9.53 Å². The first-order valence-electron chi connectivity index (χ1n) is 8.89. The van der Waals surface area contributed by atoms with Crippen LogP contribution in [-0.4, -0.2) is 18.0 Å². The van der Waals surface area contributed by atoms with Crippen LogP contribution in [0.1, 0.15) is 58.9 Å². The molecule has 2 aliphatic rings. The fourth-order valence-corrected chi connectivity index (χ4v) is 3.67. The molecule has 24 heavy (non-hydrogen) atoms. The fourth-order valence-electron chi connectivity index (χ4n) is 3.45. The summed E-state index contributed by atoms with van der Waals surface area (Å²) in [6.07, 6.45) is 3.31. The van der Waals surface area contributed by atoms with E-state index < -0.39 is 0 Å². The van der Waals surface area contributed by atoms with Gasteiger partial charge in [-0.2, -0.15) is 0 Å². The largest absolute Gasteiger partial charge is 0.506 e. The third-order valence-electron chi connectivity index (χ3n) is 4.45. The minimum Gasteiger partial charge on any atom is -0.506 e. The van der Waals surface area contributed by atoms with Gasteiger partial charge in [-0.15, -0.1) is 0 Å². The highest BCUT2D eigenvalue weighted by atomic mass is 35.5. The highest BCUT2D eigenvalue weighted by Gasteiger charge is 2.40. The summed E-state index contributed by atoms with van der Waals surface area (Å²) >= 11 is 6.18. The topological polar surface area (TPSA) is 46.5 Å². The smallest absolute Gasteiger partial charge is 0.136 e. The van der Waals surface area contributed by atoms with Crippen molar-refractivity contribution in [2.75, 3.05) is 7.11 Å². The number of methoxy groups -OCH3 is 1. The molecule has 1 aromatic carbocycles. The van der Waals surface area contributed by atoms with Crippen LogP contribution in [0, 0.1) is 11.8 Å². The molecule has 0 amide bonds. The Morgan fingerprint density at radius 2 is 1.88 bits per heavy atom. The van der Waals surface area contributed by atoms with E-state index in [0.29, 0.717) is 22.8 Å². The van der Waals surface area contributed by atoms with E-state index in [2.05, 4.69) is 0 Å². The quantitative estimate of drug-likeness (QED) is 0.679. The zero-order valence-electron chi connectivity index (χ0n) is 15.4. The number of carbonyl (C=O) groups excluding carboxylic acids is 1. The molecule has 0 spiro atoms. The van der Waals surface area contributed by atoms with Crippen molar-refractivity contribution in [3.8, 4) is 5.75 Å². The van der Waals surface area contributed by atoms with Gasteiger partial charge < -0.3 is 9.84 Å². The molecular formula is C20H29ClO3. The molecule has 2 fully saturated rings. The molecule has 1 N–H and O–H groups in total. The van der Waals surface area contributed by atoms with E-state index in [9.17, 15) is 9.90 Å². The average Bonchev–Trinajstić information content (AvgIpc) is 2.92. The lowest BCUT2D eigenvalue weighted by atomic mass is 9.83. The number of halogens is 1. The van der Waals surface area contributed by atoms with Crippen molar-refractivity contribution < 1.29 is 14.6 Å². The van der Waals surface area contributed by atoms with Crippen molar-refractivity contribution in [2.24, 2.45) is 11.8 Å². The molecule has 2 aliphatic carbocycles. The van der Waals surface area contributed by atoms with Gasteiger partial charge in [0.15, 0.2) is 0 Å². The third kappa shape index (κ3) is 4.13. The maximum atomic E-state index is 11.8. The van der Waals surface area contributed by atoms with Gasteiger partial charge in [0.1, 0.15) is 17.3 Å². The maximum Gasteiger partial charge on any atom is 0.136 e. The minimum atomic E-state index is 0.0514. The number of hydrogen-bond acceptors (Lipinski definition) is 3. The molecule has 3 rings (SSSR count). The number of aromatic hydroxyl groups is 1. The molecule has 0 heterocycles. The maximum absolute atomic E-state index is 11.8. The van der Waals surface area contributed by atoms with Gasteiger partial charge in [-0.25, -0.2) is 0 Å². The van der Waals surface area contributed by atoms with Crippen molar-refractivity contribution in [1.82, 2.24) is 0 Å². The number of hydrogen-bond donors (Lipinski definition) is 1. The average molecular weight is 353 g/mol. The predicted octanol–water partition coefficient (Wildman–Crippen LogP) is 5.84. The zero-order valence-corrected chi connectivity index (χ0v) is 16.1. The number of fused-ring (bicyclic) bond motifs is 2. The van der Waals surface area contributed by atoms with E-state index >= 15 is 0 Å². The van der Waals surface area contributed by atoms with E-state index in [1.807, 2.05) is 33.8 Å². The summed E-state index contributed by atoms with van der Waals surface area (Å²) in [4.78, 5) is 11.8. The SMILES string of the molecule is CC.CC.CO/C(=C1/CCC2CC1CC2=O)c1cccc(O)c1Cl. The van der Waals surface area contributed by atoms with Crippen LogP contribution < -0.4 is 0 Å². The first-order chi connectivity index (χ1) is 11.6. The van der Waals surface area contributed by atoms with Gasteiger partial charge in [-0.3, -0.25) is 4.79 Å². The Morgan fingerprint density at radius 3 is 2.50 bits per heavy atom. The van der Waals surface area contributed by atoms with Gasteiger partial charge in [0.2, 0.25) is 0 Å². The summed E-state index contributed by atoms with van der Waals surface area (Å²) in [6.45, 7) is 8.00. The van der Waals surface area contributed by atoms with Gasteiger partial charge in [-0.05, 0) is 42.9 Å². The third-order valence-corrected chi connectivity index (χ3v) is 4.84. The van der Waals surface area contributed by atoms with Crippen LogP contribution in [0.3, 0.4) is 0 Å². The van der Waals surface area contributed by atoms with E-state index in [1.165, 1.54) is 5.57 Å². The van der Waals surface area contributed by atoms with Crippen molar-refractivity contribution >= 4 is 23.1 Å². The van der Waals surface area contributed by atoms with Gasteiger partial charge in [0.25, 0.3) is 0 Å². The van der Waals surface area contributed by atoms with Crippen molar-refractivity contribution in [1.29, 1.82) is 0 Å². The first-order valence-corrected chi connectivity index (χ1v) is 9.27. The van der Waals surface area contributed by atoms with Crippen LogP contribution in [0.15, 0.2) is 23.8 Å². The second-order valence-electron chi connectivity index (χ2n) is 5.54. The van der Waals surface area contributed by atoms with E-state index in [0.717, 1.165) is 25.0 Å². The Labute approximate surface area is 150 Å². The molecule has 2 bridgehead atoms. The van der Waals surface area contributed by atoms with Crippen LogP contribution in [0.4, 0.5) is 0 Å². The summed E-state index contributed by atoms with van der Waals surface area (Å²) in [6, 6.07) is 5.15. The summed E-state index contributed by atoms with van der Waals surface area (Å²) in [5, 5.41) is 10.1. The van der Waals surface area contributed by atoms with Crippen LogP contribution in [0.25, 0.3) is 5.76 Å². The predicted molar refractivity (Wildman–Crippen MR) is 100 cm³/mol. The second kappa shape index (κ2) is 9.73. The Kier molecular flexibility index (Phi) is 8.34. The molecule has 0 aromatic heterocycles. The summed E-state index contributed by atoms with van der Waals surface area (Å²) in [7, 11) is 1.62. The molecule has 134 valence electrons. The Bertz CT molecular complexity index is 593. The van der Waals surface area contributed by atoms with Gasteiger partial charge in [0.05, 0.1) is 12.1 Å². The van der Waals surface area contributed by atoms with Crippen molar-refractivity contribution in [3.05, 3.63) is 34.4 Å². The number of rotatable bonds is 2. The summed E-state index contributed by atoms with van der Waals surface area (Å²) in [5.41, 5.74) is 1.88. The normalized spacial score (nSPS) is 23.5. The molecular weight excluding hydrogens is 324 g/mol. The monoisotopic (exact) mass is 352 g/mol. The summed E-state index contributed by atoms with van der Waals surface area (Å²) < 4.78 is 5.57. The second-order valence-corrected chi connectivity index (χ2v) is 5.91. The molecule has 0 aliphatic heterocycles. The summed E-state index contributed by atoms with van der Waals surface area (Å²) in [5.74, 6) is 1.66. The van der Waals surface area contributed by atoms with Gasteiger partial charge in [0, 0.05) is 17.9 Å². The molecule has 0 radical (unpaired) electrons. The molecule has 0 saturated heterocycles. The van der Waals surface area contributed by atoms with Crippen molar-refractivity contribution in [3.63, 3.8) is 0 Å². The number of ketones is 1. The first kappa shape index (κ1) is 20.6. The molecule has 3 nitrogen and oxygen atoms in total. The Hall–Kier alpha value is -1.48. The number of phenolic OH excluding ortho intramolecular Hbond substituents is 1. The molecule has 2 unspecified atom stereocenters. The Balaban J connectivity index is 0.000000671. The van der Waals surface area contributed by atoms with Crippen LogP contribution in [0.5, 0.6) is 5.75 Å². The van der Waals surface area contributed by atoms with Crippen molar-refractivity contribution in [2.45, 2.75) is 53.4 Å². The van der Waals surface area contributed by atoms with Gasteiger partial charge in [-0.1, -0.05) is 45.4 Å². The van der Waals surface area contributed by atoms with E-state index in [-0.39, 0.29) is 17.6 Å². The number of ether oxygens (including phenoxy) is 1. The molecule has 2 saturated carbocycles. The van der Waals surface area contributed by atoms with Crippen LogP contribution in [0.2, 0.25) is 5.02 Å². The lowest BCUT2D eigenvalue weighted by molar-refractivity contribution is -0.120. The van der Waals surface area contributed by atoms with Gasteiger partial charge >= 0.3 is 0 Å². The number of carbonyl (C=O) groups is 1. The lowest BCUT2D eigenvalue weighted by Crippen LogP contribution is -2.12. The number of Topliss-reactive ketones (excluding diaryl/α,β-unsaturated/α-hetero) is 1. The fraction of sp³-hybridized carbons (Fsp3) is 0.550. The van der Waals surface area contributed by atoms with Crippen LogP contribution >= 0.6 is 11.6 Å². The highest BCUT2D eigenvalue weighted by molar-refractivity contribution is 6.33. The minimum absolute atomic E-state index is 0.0514. The lowest BCUT2D eigenvalue weighted by Gasteiger charge is -2.24. The number of phenols is 1.